The Hall–Kier alpha value is -0.810. The van der Waals surface area contributed by atoms with Gasteiger partial charge in [-0.1, -0.05) is 0 Å². The van der Waals surface area contributed by atoms with Gasteiger partial charge in [0.2, 0.25) is 0 Å². The molecule has 1 fully saturated rings. The Morgan fingerprint density at radius 3 is 2.62 bits per heavy atom. The van der Waals surface area contributed by atoms with E-state index >= 15 is 0 Å². The maximum atomic E-state index is 12.0. The summed E-state index contributed by atoms with van der Waals surface area (Å²) in [6, 6.07) is 0. The fourth-order valence-electron chi connectivity index (χ4n) is 2.40. The second-order valence-electron chi connectivity index (χ2n) is 6.76. The van der Waals surface area contributed by atoms with Gasteiger partial charge in [-0.05, 0) is 60.4 Å². The smallest absolute Gasteiger partial charge is 0.410 e. The predicted octanol–water partition coefficient (Wildman–Crippen LogP) is 2.79. The van der Waals surface area contributed by atoms with Crippen LogP contribution in [0.1, 0.15) is 53.9 Å². The minimum absolute atomic E-state index is 0.224. The lowest BCUT2D eigenvalue weighted by Gasteiger charge is -2.26. The van der Waals surface area contributed by atoms with E-state index in [2.05, 4.69) is 12.2 Å². The molecule has 1 aliphatic rings. The second-order valence-corrected chi connectivity index (χ2v) is 6.76. The molecule has 0 aromatic heterocycles. The van der Waals surface area contributed by atoms with Crippen molar-refractivity contribution in [3.8, 4) is 0 Å². The van der Waals surface area contributed by atoms with Gasteiger partial charge in [-0.3, -0.25) is 0 Å². The van der Waals surface area contributed by atoms with Gasteiger partial charge in [0.25, 0.3) is 0 Å². The zero-order valence-electron chi connectivity index (χ0n) is 14.3. The van der Waals surface area contributed by atoms with E-state index < -0.39 is 5.60 Å². The van der Waals surface area contributed by atoms with Gasteiger partial charge in [0.1, 0.15) is 5.60 Å². The maximum Gasteiger partial charge on any atom is 0.410 e. The number of nitrogens with one attached hydrogen (secondary N) is 1. The first-order valence-electron chi connectivity index (χ1n) is 8.16. The van der Waals surface area contributed by atoms with Crippen molar-refractivity contribution in [1.29, 1.82) is 0 Å². The summed E-state index contributed by atoms with van der Waals surface area (Å²) in [5.74, 6) is 0. The van der Waals surface area contributed by atoms with Crippen LogP contribution in [0.3, 0.4) is 0 Å². The quantitative estimate of drug-likeness (QED) is 0.735. The normalized spacial score (nSPS) is 22.3. The van der Waals surface area contributed by atoms with Crippen LogP contribution in [0, 0.1) is 0 Å². The summed E-state index contributed by atoms with van der Waals surface area (Å²) in [6.07, 6.45) is 3.77. The minimum Gasteiger partial charge on any atom is -0.444 e. The molecule has 124 valence electrons. The van der Waals surface area contributed by atoms with Gasteiger partial charge in [-0.15, -0.1) is 0 Å². The first-order chi connectivity index (χ1) is 9.81. The van der Waals surface area contributed by atoms with Crippen molar-refractivity contribution < 1.29 is 14.3 Å². The maximum absolute atomic E-state index is 12.0. The van der Waals surface area contributed by atoms with Crippen molar-refractivity contribution in [3.63, 3.8) is 0 Å². The molecular weight excluding hydrogens is 268 g/mol. The van der Waals surface area contributed by atoms with E-state index in [1.54, 1.807) is 4.90 Å². The summed E-state index contributed by atoms with van der Waals surface area (Å²) in [7, 11) is 0. The Kier molecular flexibility index (Phi) is 7.46. The Bertz CT molecular complexity index is 315. The van der Waals surface area contributed by atoms with Crippen molar-refractivity contribution in [2.45, 2.75) is 71.7 Å². The van der Waals surface area contributed by atoms with Crippen molar-refractivity contribution in [2.75, 3.05) is 26.2 Å². The molecule has 1 saturated heterocycles. The van der Waals surface area contributed by atoms with Crippen LogP contribution in [-0.4, -0.2) is 55.0 Å². The van der Waals surface area contributed by atoms with Gasteiger partial charge in [-0.2, -0.15) is 0 Å². The Morgan fingerprint density at radius 1 is 1.38 bits per heavy atom. The van der Waals surface area contributed by atoms with E-state index in [0.717, 1.165) is 38.9 Å². The molecule has 5 nitrogen and oxygen atoms in total. The van der Waals surface area contributed by atoms with Crippen LogP contribution >= 0.6 is 0 Å². The monoisotopic (exact) mass is 300 g/mol. The van der Waals surface area contributed by atoms with E-state index in [1.807, 2.05) is 27.7 Å². The first-order valence-corrected chi connectivity index (χ1v) is 8.16. The fraction of sp³-hybridized carbons (Fsp3) is 0.938. The molecule has 1 heterocycles. The van der Waals surface area contributed by atoms with E-state index in [0.29, 0.717) is 18.8 Å². The summed E-state index contributed by atoms with van der Waals surface area (Å²) in [5, 5.41) is 3.41. The molecular formula is C16H32N2O3. The zero-order valence-corrected chi connectivity index (χ0v) is 14.3. The van der Waals surface area contributed by atoms with Gasteiger partial charge < -0.3 is 19.7 Å². The van der Waals surface area contributed by atoms with Crippen molar-refractivity contribution >= 4 is 6.09 Å². The van der Waals surface area contributed by atoms with Gasteiger partial charge in [0.05, 0.1) is 12.2 Å². The van der Waals surface area contributed by atoms with E-state index in [9.17, 15) is 4.79 Å². The third kappa shape index (κ3) is 7.67. The first kappa shape index (κ1) is 18.2. The fourth-order valence-corrected chi connectivity index (χ4v) is 2.40. The Morgan fingerprint density at radius 2 is 2.10 bits per heavy atom. The summed E-state index contributed by atoms with van der Waals surface area (Å²) in [4.78, 5) is 13.7. The summed E-state index contributed by atoms with van der Waals surface area (Å²) >= 11 is 0. The lowest BCUT2D eigenvalue weighted by molar-refractivity contribution is 0.0256. The molecule has 21 heavy (non-hydrogen) atoms. The van der Waals surface area contributed by atoms with Crippen LogP contribution in [-0.2, 0) is 9.47 Å². The molecule has 1 amide bonds. The summed E-state index contributed by atoms with van der Waals surface area (Å²) in [5.41, 5.74) is -0.431. The molecule has 1 rings (SSSR count). The SMILES string of the molecule is CCN(CCCNCC1CCC(C)O1)C(=O)OC(C)(C)C. The molecule has 2 atom stereocenters. The Balaban J connectivity index is 2.13. The summed E-state index contributed by atoms with van der Waals surface area (Å²) < 4.78 is 11.1. The van der Waals surface area contributed by atoms with Crippen LogP contribution in [0.25, 0.3) is 0 Å². The average molecular weight is 300 g/mol. The highest BCUT2D eigenvalue weighted by atomic mass is 16.6. The average Bonchev–Trinajstić information content (AvgIpc) is 2.77. The largest absolute Gasteiger partial charge is 0.444 e. The molecule has 0 aromatic carbocycles. The number of amides is 1. The standard InChI is InChI=1S/C16H32N2O3/c1-6-18(15(19)21-16(3,4)5)11-7-10-17-12-14-9-8-13(2)20-14/h13-14,17H,6-12H2,1-5H3. The van der Waals surface area contributed by atoms with Crippen LogP contribution in [0.5, 0.6) is 0 Å². The van der Waals surface area contributed by atoms with Crippen LogP contribution in [0.15, 0.2) is 0 Å². The molecule has 1 aliphatic heterocycles. The molecule has 0 radical (unpaired) electrons. The molecule has 1 N–H and O–H groups in total. The highest BCUT2D eigenvalue weighted by Gasteiger charge is 2.22. The zero-order chi connectivity index (χ0) is 15.9. The van der Waals surface area contributed by atoms with E-state index in [1.165, 1.54) is 0 Å². The number of carbonyl (C=O) groups excluding carboxylic acids is 1. The van der Waals surface area contributed by atoms with Crippen LogP contribution in [0.2, 0.25) is 0 Å². The summed E-state index contributed by atoms with van der Waals surface area (Å²) in [6.45, 7) is 13.0. The van der Waals surface area contributed by atoms with Crippen molar-refractivity contribution in [1.82, 2.24) is 10.2 Å². The van der Waals surface area contributed by atoms with Gasteiger partial charge in [0, 0.05) is 19.6 Å². The lowest BCUT2D eigenvalue weighted by atomic mass is 10.2. The number of ether oxygens (including phenoxy) is 2. The van der Waals surface area contributed by atoms with Crippen LogP contribution in [0.4, 0.5) is 4.79 Å². The molecule has 0 aliphatic carbocycles. The molecule has 5 heteroatoms. The van der Waals surface area contributed by atoms with Crippen molar-refractivity contribution in [2.24, 2.45) is 0 Å². The van der Waals surface area contributed by atoms with E-state index in [4.69, 9.17) is 9.47 Å². The topological polar surface area (TPSA) is 50.8 Å². The van der Waals surface area contributed by atoms with Gasteiger partial charge >= 0.3 is 6.09 Å². The number of hydrogen-bond donors (Lipinski definition) is 1. The predicted molar refractivity (Wildman–Crippen MR) is 84.5 cm³/mol. The number of rotatable bonds is 7. The third-order valence-corrected chi connectivity index (χ3v) is 3.51. The molecule has 0 saturated carbocycles. The molecule has 0 spiro atoms. The highest BCUT2D eigenvalue weighted by molar-refractivity contribution is 5.68. The van der Waals surface area contributed by atoms with E-state index in [-0.39, 0.29) is 6.09 Å². The van der Waals surface area contributed by atoms with Gasteiger partial charge in [-0.25, -0.2) is 4.79 Å². The molecule has 2 unspecified atom stereocenters. The Labute approximate surface area is 129 Å². The van der Waals surface area contributed by atoms with Crippen molar-refractivity contribution in [3.05, 3.63) is 0 Å². The number of carbonyl (C=O) groups is 1. The lowest BCUT2D eigenvalue weighted by Crippen LogP contribution is -2.38. The molecule has 0 aromatic rings. The number of hydrogen-bond acceptors (Lipinski definition) is 4. The molecule has 0 bridgehead atoms. The highest BCUT2D eigenvalue weighted by Crippen LogP contribution is 2.18. The third-order valence-electron chi connectivity index (χ3n) is 3.51. The minimum atomic E-state index is -0.431. The second kappa shape index (κ2) is 8.59. The van der Waals surface area contributed by atoms with Crippen LogP contribution < -0.4 is 5.32 Å². The number of nitrogens with zero attached hydrogens (tertiary/aromatic N) is 1. The van der Waals surface area contributed by atoms with Gasteiger partial charge in [0.15, 0.2) is 0 Å².